The van der Waals surface area contributed by atoms with Gasteiger partial charge in [-0.25, -0.2) is 0 Å². The molecule has 0 radical (unpaired) electrons. The predicted octanol–water partition coefficient (Wildman–Crippen LogP) is 2.61. The van der Waals surface area contributed by atoms with Gasteiger partial charge >= 0.3 is 5.97 Å². The van der Waals surface area contributed by atoms with Crippen LogP contribution in [0.1, 0.15) is 52.4 Å². The van der Waals surface area contributed by atoms with E-state index >= 15 is 0 Å². The van der Waals surface area contributed by atoms with Crippen LogP contribution in [0.4, 0.5) is 0 Å². The van der Waals surface area contributed by atoms with E-state index in [-0.39, 0.29) is 23.8 Å². The Balaban J connectivity index is 1.81. The molecule has 0 aliphatic heterocycles. The van der Waals surface area contributed by atoms with Gasteiger partial charge in [0, 0.05) is 6.54 Å². The number of rotatable bonds is 4. The fraction of sp³-hybridized carbons (Fsp3) is 0.882. The van der Waals surface area contributed by atoms with E-state index in [4.69, 9.17) is 4.74 Å². The number of carbonyl (C=O) groups excluding carboxylic acids is 2. The first kappa shape index (κ1) is 14.9. The lowest BCUT2D eigenvalue weighted by Crippen LogP contribution is -2.58. The highest BCUT2D eigenvalue weighted by molar-refractivity contribution is 5.87. The van der Waals surface area contributed by atoms with Crippen molar-refractivity contribution in [2.75, 3.05) is 20.2 Å². The molecule has 4 aliphatic carbocycles. The summed E-state index contributed by atoms with van der Waals surface area (Å²) < 4.78 is 4.74. The van der Waals surface area contributed by atoms with Crippen molar-refractivity contribution in [3.8, 4) is 0 Å². The van der Waals surface area contributed by atoms with Crippen molar-refractivity contribution >= 4 is 11.9 Å². The lowest BCUT2D eigenvalue weighted by Gasteiger charge is -2.61. The zero-order valence-corrected chi connectivity index (χ0v) is 13.5. The molecular formula is C17H27NO3. The third-order valence-corrected chi connectivity index (χ3v) is 6.02. The molecule has 1 amide bonds. The van der Waals surface area contributed by atoms with Crippen LogP contribution >= 0.6 is 0 Å². The van der Waals surface area contributed by atoms with E-state index in [1.165, 1.54) is 26.4 Å². The van der Waals surface area contributed by atoms with Crippen LogP contribution in [0.25, 0.3) is 0 Å². The SMILES string of the molecule is CCN(CC(=O)OC)C(=O)C12CC3CC(CC(C)(C3)C1)C2. The summed E-state index contributed by atoms with van der Waals surface area (Å²) in [5, 5.41) is 0. The average Bonchev–Trinajstić information content (AvgIpc) is 2.41. The Labute approximate surface area is 127 Å². The van der Waals surface area contributed by atoms with Gasteiger partial charge in [-0.15, -0.1) is 0 Å². The van der Waals surface area contributed by atoms with Gasteiger partial charge in [0.1, 0.15) is 6.54 Å². The zero-order valence-electron chi connectivity index (χ0n) is 13.5. The molecule has 0 saturated heterocycles. The second-order valence-electron chi connectivity index (χ2n) is 7.95. The number of ether oxygens (including phenoxy) is 1. The van der Waals surface area contributed by atoms with Crippen molar-refractivity contribution in [2.45, 2.75) is 52.4 Å². The lowest BCUT2D eigenvalue weighted by atomic mass is 9.44. The Kier molecular flexibility index (Phi) is 3.53. The van der Waals surface area contributed by atoms with E-state index in [1.54, 1.807) is 4.90 Å². The summed E-state index contributed by atoms with van der Waals surface area (Å²) in [6.45, 7) is 4.99. The largest absolute Gasteiger partial charge is 0.468 e. The second kappa shape index (κ2) is 4.99. The van der Waals surface area contributed by atoms with Crippen molar-refractivity contribution in [1.29, 1.82) is 0 Å². The molecule has 0 spiro atoms. The fourth-order valence-corrected chi connectivity index (χ4v) is 5.85. The third kappa shape index (κ3) is 2.47. The van der Waals surface area contributed by atoms with Crippen LogP contribution in [0, 0.1) is 22.7 Å². The Morgan fingerprint density at radius 3 is 2.29 bits per heavy atom. The summed E-state index contributed by atoms with van der Waals surface area (Å²) in [7, 11) is 1.38. The standard InChI is InChI=1S/C17H27NO3/c1-4-18(10-14(19)21-3)15(20)17-8-12-5-13(9-17)7-16(2,6-12)11-17/h12-13H,4-11H2,1-3H3. The Bertz CT molecular complexity index is 445. The summed E-state index contributed by atoms with van der Waals surface area (Å²) in [5.74, 6) is 1.32. The molecule has 2 atom stereocenters. The number of nitrogens with zero attached hydrogens (tertiary/aromatic N) is 1. The van der Waals surface area contributed by atoms with Crippen molar-refractivity contribution in [3.05, 3.63) is 0 Å². The van der Waals surface area contributed by atoms with Crippen molar-refractivity contribution in [2.24, 2.45) is 22.7 Å². The molecule has 21 heavy (non-hydrogen) atoms. The van der Waals surface area contributed by atoms with Crippen molar-refractivity contribution in [1.82, 2.24) is 4.90 Å². The van der Waals surface area contributed by atoms with Crippen LogP contribution in [0.2, 0.25) is 0 Å². The highest BCUT2D eigenvalue weighted by Gasteiger charge is 2.59. The van der Waals surface area contributed by atoms with E-state index in [9.17, 15) is 9.59 Å². The van der Waals surface area contributed by atoms with E-state index in [0.29, 0.717) is 12.0 Å². The maximum atomic E-state index is 13.1. The van der Waals surface area contributed by atoms with Gasteiger partial charge in [0.25, 0.3) is 0 Å². The number of hydrogen-bond acceptors (Lipinski definition) is 3. The van der Waals surface area contributed by atoms with Gasteiger partial charge < -0.3 is 9.64 Å². The highest BCUT2D eigenvalue weighted by atomic mass is 16.5. The van der Waals surface area contributed by atoms with E-state index in [1.807, 2.05) is 6.92 Å². The number of likely N-dealkylation sites (N-methyl/N-ethyl adjacent to an activating group) is 1. The number of carbonyl (C=O) groups is 2. The monoisotopic (exact) mass is 293 g/mol. The predicted molar refractivity (Wildman–Crippen MR) is 79.5 cm³/mol. The molecule has 4 heteroatoms. The molecule has 0 aromatic rings. The first-order valence-corrected chi connectivity index (χ1v) is 8.26. The van der Waals surface area contributed by atoms with Gasteiger partial charge in [0.05, 0.1) is 12.5 Å². The van der Waals surface area contributed by atoms with Crippen LogP contribution in [0.5, 0.6) is 0 Å². The Hall–Kier alpha value is -1.06. The minimum absolute atomic E-state index is 0.0969. The van der Waals surface area contributed by atoms with Crippen molar-refractivity contribution < 1.29 is 14.3 Å². The Morgan fingerprint density at radius 2 is 1.81 bits per heavy atom. The summed E-state index contributed by atoms with van der Waals surface area (Å²) in [6.07, 6.45) is 6.99. The van der Waals surface area contributed by atoms with Crippen LogP contribution < -0.4 is 0 Å². The minimum Gasteiger partial charge on any atom is -0.468 e. The molecular weight excluding hydrogens is 266 g/mol. The van der Waals surface area contributed by atoms with E-state index in [0.717, 1.165) is 31.1 Å². The number of amides is 1. The number of methoxy groups -OCH3 is 1. The molecule has 118 valence electrons. The second-order valence-corrected chi connectivity index (χ2v) is 7.95. The highest BCUT2D eigenvalue weighted by Crippen LogP contribution is 2.65. The quantitative estimate of drug-likeness (QED) is 0.749. The van der Waals surface area contributed by atoms with Gasteiger partial charge in [-0.05, 0) is 62.7 Å². The third-order valence-electron chi connectivity index (χ3n) is 6.02. The lowest BCUT2D eigenvalue weighted by molar-refractivity contribution is -0.168. The normalized spacial score (nSPS) is 40.1. The molecule has 0 heterocycles. The maximum absolute atomic E-state index is 13.1. The number of hydrogen-bond donors (Lipinski definition) is 0. The van der Waals surface area contributed by atoms with Crippen LogP contribution in [-0.2, 0) is 14.3 Å². The zero-order chi connectivity index (χ0) is 15.3. The molecule has 0 N–H and O–H groups in total. The topological polar surface area (TPSA) is 46.6 Å². The van der Waals surface area contributed by atoms with E-state index in [2.05, 4.69) is 6.92 Å². The number of esters is 1. The Morgan fingerprint density at radius 1 is 1.19 bits per heavy atom. The molecule has 2 unspecified atom stereocenters. The van der Waals surface area contributed by atoms with Gasteiger partial charge in [-0.2, -0.15) is 0 Å². The van der Waals surface area contributed by atoms with Crippen LogP contribution in [-0.4, -0.2) is 37.0 Å². The van der Waals surface area contributed by atoms with E-state index < -0.39 is 0 Å². The minimum atomic E-state index is -0.318. The average molecular weight is 293 g/mol. The van der Waals surface area contributed by atoms with Crippen LogP contribution in [0.15, 0.2) is 0 Å². The van der Waals surface area contributed by atoms with Crippen LogP contribution in [0.3, 0.4) is 0 Å². The fourth-order valence-electron chi connectivity index (χ4n) is 5.85. The van der Waals surface area contributed by atoms with Gasteiger partial charge in [-0.3, -0.25) is 9.59 Å². The first-order valence-electron chi connectivity index (χ1n) is 8.26. The summed E-state index contributed by atoms with van der Waals surface area (Å²) in [4.78, 5) is 26.4. The summed E-state index contributed by atoms with van der Waals surface area (Å²) >= 11 is 0. The van der Waals surface area contributed by atoms with Gasteiger partial charge in [-0.1, -0.05) is 6.92 Å². The molecule has 4 bridgehead atoms. The molecule has 4 aliphatic rings. The van der Waals surface area contributed by atoms with Crippen molar-refractivity contribution in [3.63, 3.8) is 0 Å². The molecule has 4 saturated carbocycles. The molecule has 4 nitrogen and oxygen atoms in total. The molecule has 4 rings (SSSR count). The molecule has 0 aromatic heterocycles. The molecule has 0 aromatic carbocycles. The first-order chi connectivity index (χ1) is 9.89. The summed E-state index contributed by atoms with van der Waals surface area (Å²) in [6, 6.07) is 0. The maximum Gasteiger partial charge on any atom is 0.325 e. The summed E-state index contributed by atoms with van der Waals surface area (Å²) in [5.41, 5.74) is 0.160. The smallest absolute Gasteiger partial charge is 0.325 e. The molecule has 4 fully saturated rings. The van der Waals surface area contributed by atoms with Gasteiger partial charge in [0.15, 0.2) is 0 Å². The van der Waals surface area contributed by atoms with Gasteiger partial charge in [0.2, 0.25) is 5.91 Å².